The molecule has 1 aromatic heterocycles. The maximum atomic E-state index is 12.0. The van der Waals surface area contributed by atoms with E-state index in [0.29, 0.717) is 16.3 Å². The Morgan fingerprint density at radius 1 is 1.24 bits per heavy atom. The Morgan fingerprint density at radius 2 is 1.90 bits per heavy atom. The lowest BCUT2D eigenvalue weighted by Crippen LogP contribution is -2.42. The lowest BCUT2D eigenvalue weighted by Gasteiger charge is -2.09. The van der Waals surface area contributed by atoms with Crippen LogP contribution in [-0.2, 0) is 7.05 Å². The highest BCUT2D eigenvalue weighted by molar-refractivity contribution is 14.1. The maximum Gasteiger partial charge on any atom is 0.286 e. The molecule has 0 saturated heterocycles. The van der Waals surface area contributed by atoms with Crippen molar-refractivity contribution in [3.63, 3.8) is 0 Å². The molecule has 21 heavy (non-hydrogen) atoms. The summed E-state index contributed by atoms with van der Waals surface area (Å²) in [6, 6.07) is 6.63. The van der Waals surface area contributed by atoms with Crippen molar-refractivity contribution in [1.29, 1.82) is 0 Å². The van der Waals surface area contributed by atoms with Crippen LogP contribution in [0.4, 0.5) is 0 Å². The van der Waals surface area contributed by atoms with Gasteiger partial charge in [0.15, 0.2) is 0 Å². The number of benzene rings is 1. The number of hydrogen-bond acceptors (Lipinski definition) is 2. The zero-order valence-electron chi connectivity index (χ0n) is 10.8. The lowest BCUT2D eigenvalue weighted by atomic mass is 10.2. The monoisotopic (exact) mass is 481 g/mol. The standard InChI is InChI=1S/C13H10BrClIN3O2/c1-19-6-7(14)4-11(19)13(21)18-17-12(20)9-5-8(15)2-3-10(9)16/h2-6H,1H3,(H,17,20)(H,18,21). The first-order valence-electron chi connectivity index (χ1n) is 5.76. The van der Waals surface area contributed by atoms with E-state index in [4.69, 9.17) is 11.6 Å². The summed E-state index contributed by atoms with van der Waals surface area (Å²) in [5.41, 5.74) is 5.56. The molecule has 0 fully saturated rings. The molecule has 0 radical (unpaired) electrons. The highest BCUT2D eigenvalue weighted by atomic mass is 127. The highest BCUT2D eigenvalue weighted by Gasteiger charge is 2.14. The SMILES string of the molecule is Cn1cc(Br)cc1C(=O)NNC(=O)c1cc(Cl)ccc1I. The smallest absolute Gasteiger partial charge is 0.286 e. The van der Waals surface area contributed by atoms with Gasteiger partial charge < -0.3 is 4.57 Å². The quantitative estimate of drug-likeness (QED) is 0.511. The van der Waals surface area contributed by atoms with Gasteiger partial charge in [-0.25, -0.2) is 0 Å². The summed E-state index contributed by atoms with van der Waals surface area (Å²) >= 11 is 11.2. The Labute approximate surface area is 148 Å². The summed E-state index contributed by atoms with van der Waals surface area (Å²) in [5, 5.41) is 0.457. The first-order chi connectivity index (χ1) is 9.88. The van der Waals surface area contributed by atoms with Crippen LogP contribution >= 0.6 is 50.1 Å². The molecule has 0 spiro atoms. The van der Waals surface area contributed by atoms with E-state index in [2.05, 4.69) is 26.8 Å². The minimum atomic E-state index is -0.427. The van der Waals surface area contributed by atoms with E-state index < -0.39 is 11.8 Å². The van der Waals surface area contributed by atoms with Crippen LogP contribution in [0.25, 0.3) is 0 Å². The largest absolute Gasteiger partial charge is 0.345 e. The number of rotatable bonds is 2. The number of hydrogen-bond donors (Lipinski definition) is 2. The first kappa shape index (κ1) is 16.3. The molecule has 1 heterocycles. The van der Waals surface area contributed by atoms with Crippen molar-refractivity contribution in [2.24, 2.45) is 7.05 Å². The fourth-order valence-corrected chi connectivity index (χ4v) is 2.94. The highest BCUT2D eigenvalue weighted by Crippen LogP contribution is 2.17. The van der Waals surface area contributed by atoms with Crippen molar-refractivity contribution in [2.75, 3.05) is 0 Å². The van der Waals surface area contributed by atoms with Crippen molar-refractivity contribution < 1.29 is 9.59 Å². The van der Waals surface area contributed by atoms with Gasteiger partial charge in [0, 0.05) is 26.3 Å². The fourth-order valence-electron chi connectivity index (χ4n) is 1.67. The van der Waals surface area contributed by atoms with Crippen molar-refractivity contribution in [1.82, 2.24) is 15.4 Å². The van der Waals surface area contributed by atoms with Crippen molar-refractivity contribution >= 4 is 61.9 Å². The van der Waals surface area contributed by atoms with Gasteiger partial charge in [-0.2, -0.15) is 0 Å². The van der Waals surface area contributed by atoms with Crippen LogP contribution in [0.15, 0.2) is 34.9 Å². The molecule has 1 aromatic carbocycles. The first-order valence-corrected chi connectivity index (χ1v) is 8.01. The minimum Gasteiger partial charge on any atom is -0.345 e. The van der Waals surface area contributed by atoms with Gasteiger partial charge in [0.25, 0.3) is 11.8 Å². The molecular weight excluding hydrogens is 472 g/mol. The molecule has 0 bridgehead atoms. The molecule has 2 N–H and O–H groups in total. The zero-order valence-corrected chi connectivity index (χ0v) is 15.3. The molecule has 0 aliphatic heterocycles. The molecular formula is C13H10BrClIN3O2. The number of halogens is 3. The molecule has 2 amide bonds. The topological polar surface area (TPSA) is 63.1 Å². The third-order valence-corrected chi connectivity index (χ3v) is 4.28. The van der Waals surface area contributed by atoms with Gasteiger partial charge in [0.2, 0.25) is 0 Å². The van der Waals surface area contributed by atoms with Crippen LogP contribution in [0.1, 0.15) is 20.8 Å². The Bertz CT molecular complexity index is 717. The van der Waals surface area contributed by atoms with E-state index in [-0.39, 0.29) is 0 Å². The summed E-state index contributed by atoms with van der Waals surface area (Å²) < 4.78 is 3.17. The Kier molecular flexibility index (Phi) is 5.28. The van der Waals surface area contributed by atoms with E-state index >= 15 is 0 Å². The summed E-state index contributed by atoms with van der Waals surface area (Å²) in [7, 11) is 1.74. The Balaban J connectivity index is 2.06. The summed E-state index contributed by atoms with van der Waals surface area (Å²) in [6.07, 6.45) is 1.75. The van der Waals surface area contributed by atoms with Gasteiger partial charge in [0.1, 0.15) is 5.69 Å². The average Bonchev–Trinajstić information content (AvgIpc) is 2.77. The van der Waals surface area contributed by atoms with Gasteiger partial charge in [-0.1, -0.05) is 11.6 Å². The van der Waals surface area contributed by atoms with E-state index in [9.17, 15) is 9.59 Å². The van der Waals surface area contributed by atoms with Crippen LogP contribution in [-0.4, -0.2) is 16.4 Å². The van der Waals surface area contributed by atoms with Crippen molar-refractivity contribution in [3.05, 3.63) is 54.8 Å². The van der Waals surface area contributed by atoms with Crippen molar-refractivity contribution in [2.45, 2.75) is 0 Å². The number of aromatic nitrogens is 1. The zero-order chi connectivity index (χ0) is 15.6. The summed E-state index contributed by atoms with van der Waals surface area (Å²) in [4.78, 5) is 24.0. The molecule has 0 atom stereocenters. The number of carbonyl (C=O) groups is 2. The molecule has 0 aliphatic carbocycles. The predicted molar refractivity (Wildman–Crippen MR) is 92.2 cm³/mol. The van der Waals surface area contributed by atoms with Gasteiger partial charge >= 0.3 is 0 Å². The third kappa shape index (κ3) is 3.98. The fraction of sp³-hybridized carbons (Fsp3) is 0.0769. The van der Waals surface area contributed by atoms with E-state index in [0.717, 1.165) is 8.04 Å². The molecule has 2 aromatic rings. The molecule has 0 saturated carbocycles. The number of nitrogens with zero attached hydrogens (tertiary/aromatic N) is 1. The Hall–Kier alpha value is -1.06. The lowest BCUT2D eigenvalue weighted by molar-refractivity contribution is 0.0841. The van der Waals surface area contributed by atoms with Crippen LogP contribution in [0.5, 0.6) is 0 Å². The van der Waals surface area contributed by atoms with Crippen LogP contribution in [0.3, 0.4) is 0 Å². The van der Waals surface area contributed by atoms with Gasteiger partial charge in [-0.15, -0.1) is 0 Å². The number of nitrogens with one attached hydrogen (secondary N) is 2. The molecule has 5 nitrogen and oxygen atoms in total. The number of carbonyl (C=O) groups excluding carboxylic acids is 2. The molecule has 0 aliphatic rings. The van der Waals surface area contributed by atoms with Gasteiger partial charge in [-0.05, 0) is 62.8 Å². The van der Waals surface area contributed by atoms with Crippen LogP contribution < -0.4 is 10.9 Å². The number of amides is 2. The van der Waals surface area contributed by atoms with E-state index in [1.165, 1.54) is 0 Å². The molecule has 2 rings (SSSR count). The molecule has 8 heteroatoms. The van der Waals surface area contributed by atoms with Gasteiger partial charge in [-0.3, -0.25) is 20.4 Å². The third-order valence-electron chi connectivity index (χ3n) is 2.67. The normalized spacial score (nSPS) is 10.3. The summed E-state index contributed by atoms with van der Waals surface area (Å²) in [6.45, 7) is 0. The second-order valence-electron chi connectivity index (χ2n) is 4.19. The van der Waals surface area contributed by atoms with Crippen LogP contribution in [0, 0.1) is 3.57 Å². The van der Waals surface area contributed by atoms with E-state index in [1.54, 1.807) is 42.1 Å². The Morgan fingerprint density at radius 3 is 2.52 bits per heavy atom. The average molecular weight is 483 g/mol. The minimum absolute atomic E-state index is 0.400. The predicted octanol–water partition coefficient (Wildman–Crippen LogP) is 3.12. The second kappa shape index (κ2) is 6.80. The van der Waals surface area contributed by atoms with Crippen LogP contribution in [0.2, 0.25) is 5.02 Å². The molecule has 110 valence electrons. The number of aryl methyl sites for hydroxylation is 1. The molecule has 0 unspecified atom stereocenters. The number of hydrazine groups is 1. The van der Waals surface area contributed by atoms with Crippen molar-refractivity contribution in [3.8, 4) is 0 Å². The van der Waals surface area contributed by atoms with E-state index in [1.807, 2.05) is 22.6 Å². The second-order valence-corrected chi connectivity index (χ2v) is 6.70. The summed E-state index contributed by atoms with van der Waals surface area (Å²) in [5.74, 6) is -0.836. The van der Waals surface area contributed by atoms with Gasteiger partial charge in [0.05, 0.1) is 5.56 Å². The maximum absolute atomic E-state index is 12.0.